The Labute approximate surface area is 107 Å². The topological polar surface area (TPSA) is 46.2 Å². The summed E-state index contributed by atoms with van der Waals surface area (Å²) in [7, 11) is -3.53. The van der Waals surface area contributed by atoms with Crippen molar-refractivity contribution in [1.29, 1.82) is 0 Å². The molecule has 0 spiro atoms. The summed E-state index contributed by atoms with van der Waals surface area (Å²) in [5.74, 6) is -0.0750. The third kappa shape index (κ3) is 3.09. The van der Waals surface area contributed by atoms with Crippen LogP contribution in [0.2, 0.25) is 0 Å². The monoisotopic (exact) mass is 271 g/mol. The molecule has 1 fully saturated rings. The van der Waals surface area contributed by atoms with Crippen LogP contribution in [0.1, 0.15) is 32.6 Å². The Morgan fingerprint density at radius 2 is 1.78 bits per heavy atom. The van der Waals surface area contributed by atoms with Crippen molar-refractivity contribution in [2.75, 3.05) is 0 Å². The van der Waals surface area contributed by atoms with Crippen molar-refractivity contribution in [1.82, 2.24) is 4.72 Å². The van der Waals surface area contributed by atoms with Gasteiger partial charge >= 0.3 is 0 Å². The van der Waals surface area contributed by atoms with Crippen LogP contribution in [0.25, 0.3) is 0 Å². The van der Waals surface area contributed by atoms with Crippen LogP contribution in [0, 0.1) is 11.7 Å². The molecule has 1 aromatic carbocycles. The quantitative estimate of drug-likeness (QED) is 0.918. The van der Waals surface area contributed by atoms with E-state index in [0.29, 0.717) is 5.92 Å². The first-order chi connectivity index (χ1) is 8.49. The molecule has 0 radical (unpaired) electrons. The highest BCUT2D eigenvalue weighted by atomic mass is 32.2. The number of nitrogens with one attached hydrogen (secondary N) is 1. The van der Waals surface area contributed by atoms with Crippen LogP contribution in [-0.2, 0) is 10.0 Å². The van der Waals surface area contributed by atoms with Crippen molar-refractivity contribution in [2.24, 2.45) is 5.92 Å². The molecule has 0 amide bonds. The maximum atomic E-state index is 12.8. The molecule has 2 atom stereocenters. The second-order valence-corrected chi connectivity index (χ2v) is 6.66. The second-order valence-electron chi connectivity index (χ2n) is 4.94. The van der Waals surface area contributed by atoms with Gasteiger partial charge in [-0.3, -0.25) is 0 Å². The highest BCUT2D eigenvalue weighted by Crippen LogP contribution is 2.25. The zero-order valence-corrected chi connectivity index (χ0v) is 11.2. The number of benzene rings is 1. The fraction of sp³-hybridized carbons (Fsp3) is 0.538. The van der Waals surface area contributed by atoms with Gasteiger partial charge in [0.05, 0.1) is 4.90 Å². The lowest BCUT2D eigenvalue weighted by atomic mass is 9.87. The van der Waals surface area contributed by atoms with Crippen LogP contribution >= 0.6 is 0 Å². The minimum absolute atomic E-state index is 0.00574. The Hall–Kier alpha value is -0.940. The van der Waals surface area contributed by atoms with Gasteiger partial charge in [0.15, 0.2) is 0 Å². The normalized spacial score (nSPS) is 25.0. The van der Waals surface area contributed by atoms with Crippen LogP contribution in [0.3, 0.4) is 0 Å². The molecular formula is C13H18FNO2S. The third-order valence-corrected chi connectivity index (χ3v) is 5.05. The molecule has 1 aromatic rings. The van der Waals surface area contributed by atoms with Gasteiger partial charge in [-0.05, 0) is 43.0 Å². The van der Waals surface area contributed by atoms with Gasteiger partial charge in [-0.2, -0.15) is 0 Å². The third-order valence-electron chi connectivity index (χ3n) is 3.54. The highest BCUT2D eigenvalue weighted by Gasteiger charge is 2.26. The van der Waals surface area contributed by atoms with Crippen molar-refractivity contribution >= 4 is 10.0 Å². The molecule has 0 heterocycles. The Kier molecular flexibility index (Phi) is 4.02. The predicted octanol–water partition coefficient (Wildman–Crippen LogP) is 2.68. The summed E-state index contributed by atoms with van der Waals surface area (Å²) >= 11 is 0. The van der Waals surface area contributed by atoms with Crippen LogP contribution < -0.4 is 4.72 Å². The standard InChI is InChI=1S/C13H18FNO2S/c1-10-4-2-3-5-13(10)15-18(16,17)12-8-6-11(14)7-9-12/h6-10,13,15H,2-5H2,1H3/t10-,13-/m1/s1. The van der Waals surface area contributed by atoms with E-state index in [1.165, 1.54) is 24.3 Å². The molecule has 2 rings (SSSR count). The first kappa shape index (κ1) is 13.5. The second kappa shape index (κ2) is 5.36. The van der Waals surface area contributed by atoms with E-state index in [2.05, 4.69) is 11.6 Å². The minimum Gasteiger partial charge on any atom is -0.208 e. The SMILES string of the molecule is C[C@@H]1CCCC[C@H]1NS(=O)(=O)c1ccc(F)cc1. The summed E-state index contributed by atoms with van der Waals surface area (Å²) in [4.78, 5) is 0.127. The van der Waals surface area contributed by atoms with Gasteiger partial charge in [0.2, 0.25) is 10.0 Å². The van der Waals surface area contributed by atoms with E-state index in [9.17, 15) is 12.8 Å². The number of rotatable bonds is 3. The molecule has 1 aliphatic carbocycles. The zero-order valence-electron chi connectivity index (χ0n) is 10.4. The van der Waals surface area contributed by atoms with Crippen LogP contribution in [0.4, 0.5) is 4.39 Å². The summed E-state index contributed by atoms with van der Waals surface area (Å²) in [5.41, 5.74) is 0. The van der Waals surface area contributed by atoms with E-state index in [1.54, 1.807) is 0 Å². The van der Waals surface area contributed by atoms with E-state index < -0.39 is 15.8 Å². The molecule has 1 saturated carbocycles. The Morgan fingerprint density at radius 1 is 1.17 bits per heavy atom. The van der Waals surface area contributed by atoms with Gasteiger partial charge in [-0.15, -0.1) is 0 Å². The fourth-order valence-corrected chi connectivity index (χ4v) is 3.75. The Bertz CT molecular complexity index is 498. The summed E-state index contributed by atoms with van der Waals surface area (Å²) in [6.45, 7) is 2.07. The molecule has 1 aliphatic rings. The molecule has 3 nitrogen and oxygen atoms in total. The summed E-state index contributed by atoms with van der Waals surface area (Å²) in [5, 5.41) is 0. The predicted molar refractivity (Wildman–Crippen MR) is 68.1 cm³/mol. The summed E-state index contributed by atoms with van der Waals surface area (Å²) < 4.78 is 39.8. The van der Waals surface area contributed by atoms with Gasteiger partial charge in [0, 0.05) is 6.04 Å². The number of sulfonamides is 1. The van der Waals surface area contributed by atoms with Crippen LogP contribution in [0.5, 0.6) is 0 Å². The molecule has 0 unspecified atom stereocenters. The maximum absolute atomic E-state index is 12.8. The fourth-order valence-electron chi connectivity index (χ4n) is 2.37. The molecule has 0 bridgehead atoms. The van der Waals surface area contributed by atoms with Gasteiger partial charge in [-0.1, -0.05) is 19.8 Å². The molecule has 1 N–H and O–H groups in total. The number of hydrogen-bond acceptors (Lipinski definition) is 2. The lowest BCUT2D eigenvalue weighted by Gasteiger charge is -2.29. The molecule has 100 valence electrons. The van der Waals surface area contributed by atoms with Crippen LogP contribution in [-0.4, -0.2) is 14.5 Å². The lowest BCUT2D eigenvalue weighted by Crippen LogP contribution is -2.40. The largest absolute Gasteiger partial charge is 0.240 e. The van der Waals surface area contributed by atoms with Gasteiger partial charge < -0.3 is 0 Å². The first-order valence-electron chi connectivity index (χ1n) is 6.27. The molecular weight excluding hydrogens is 253 g/mol. The summed E-state index contributed by atoms with van der Waals surface area (Å²) in [6, 6.07) is 4.92. The van der Waals surface area contributed by atoms with Crippen molar-refractivity contribution in [2.45, 2.75) is 43.5 Å². The van der Waals surface area contributed by atoms with Crippen molar-refractivity contribution in [3.8, 4) is 0 Å². The zero-order chi connectivity index (χ0) is 13.2. The Balaban J connectivity index is 2.13. The van der Waals surface area contributed by atoms with Crippen LogP contribution in [0.15, 0.2) is 29.2 Å². The molecule has 0 aromatic heterocycles. The summed E-state index contributed by atoms with van der Waals surface area (Å²) in [6.07, 6.45) is 4.15. The van der Waals surface area contributed by atoms with E-state index >= 15 is 0 Å². The number of hydrogen-bond donors (Lipinski definition) is 1. The minimum atomic E-state index is -3.53. The van der Waals surface area contributed by atoms with Gasteiger partial charge in [0.1, 0.15) is 5.82 Å². The Morgan fingerprint density at radius 3 is 2.39 bits per heavy atom. The molecule has 0 aliphatic heterocycles. The molecule has 18 heavy (non-hydrogen) atoms. The molecule has 5 heteroatoms. The van der Waals surface area contributed by atoms with Crippen molar-refractivity contribution in [3.63, 3.8) is 0 Å². The van der Waals surface area contributed by atoms with Gasteiger partial charge in [-0.25, -0.2) is 17.5 Å². The van der Waals surface area contributed by atoms with Gasteiger partial charge in [0.25, 0.3) is 0 Å². The highest BCUT2D eigenvalue weighted by molar-refractivity contribution is 7.89. The average molecular weight is 271 g/mol. The van der Waals surface area contributed by atoms with E-state index in [-0.39, 0.29) is 10.9 Å². The number of halogens is 1. The van der Waals surface area contributed by atoms with E-state index in [4.69, 9.17) is 0 Å². The molecule has 0 saturated heterocycles. The maximum Gasteiger partial charge on any atom is 0.240 e. The van der Waals surface area contributed by atoms with E-state index in [0.717, 1.165) is 25.7 Å². The van der Waals surface area contributed by atoms with Crippen molar-refractivity contribution in [3.05, 3.63) is 30.1 Å². The lowest BCUT2D eigenvalue weighted by molar-refractivity contribution is 0.310. The van der Waals surface area contributed by atoms with E-state index in [1.807, 2.05) is 0 Å². The smallest absolute Gasteiger partial charge is 0.208 e. The average Bonchev–Trinajstić information content (AvgIpc) is 2.32. The first-order valence-corrected chi connectivity index (χ1v) is 7.75. The van der Waals surface area contributed by atoms with Crippen molar-refractivity contribution < 1.29 is 12.8 Å².